The number of hydrogen-bond donors (Lipinski definition) is 0. The first-order valence-corrected chi connectivity index (χ1v) is 4.36. The minimum Gasteiger partial charge on any atom is -0.264 e. The van der Waals surface area contributed by atoms with Gasteiger partial charge in [-0.05, 0) is 28.1 Å². The van der Waals surface area contributed by atoms with Gasteiger partial charge in [0.15, 0.2) is 0 Å². The largest absolute Gasteiger partial charge is 0.264 e. The average molecular weight is 244 g/mol. The number of halogens is 3. The van der Waals surface area contributed by atoms with Crippen LogP contribution >= 0.6 is 15.9 Å². The van der Waals surface area contributed by atoms with E-state index in [0.29, 0.717) is 0 Å². The molecule has 0 aliphatic rings. The van der Waals surface area contributed by atoms with Gasteiger partial charge in [-0.2, -0.15) is 0 Å². The van der Waals surface area contributed by atoms with Crippen LogP contribution in [-0.4, -0.2) is 4.98 Å². The molecule has 0 unspecified atom stereocenters. The van der Waals surface area contributed by atoms with Gasteiger partial charge in [-0.1, -0.05) is 0 Å². The first-order valence-electron chi connectivity index (χ1n) is 3.57. The Balaban J connectivity index is 2.97. The second kappa shape index (κ2) is 3.03. The predicted octanol–water partition coefficient (Wildman–Crippen LogP) is 3.28. The standard InChI is InChI=1S/C9H4BrF2N/c10-7-3-8(11)6-4-13-2-1-5(6)9(7)12/h1-4H. The second-order valence-corrected chi connectivity index (χ2v) is 3.43. The fraction of sp³-hybridized carbons (Fsp3) is 0. The highest BCUT2D eigenvalue weighted by atomic mass is 79.9. The van der Waals surface area contributed by atoms with Gasteiger partial charge in [0.25, 0.3) is 0 Å². The third kappa shape index (κ3) is 1.31. The number of benzene rings is 1. The van der Waals surface area contributed by atoms with Crippen LogP contribution in [0.3, 0.4) is 0 Å². The summed E-state index contributed by atoms with van der Waals surface area (Å²) in [6.45, 7) is 0. The minimum atomic E-state index is -0.476. The van der Waals surface area contributed by atoms with Crippen molar-refractivity contribution in [2.45, 2.75) is 0 Å². The molecule has 0 amide bonds. The maximum Gasteiger partial charge on any atom is 0.145 e. The molecule has 2 rings (SSSR count). The Morgan fingerprint density at radius 3 is 2.77 bits per heavy atom. The third-order valence-corrected chi connectivity index (χ3v) is 2.36. The highest BCUT2D eigenvalue weighted by Crippen LogP contribution is 2.26. The number of hydrogen-bond acceptors (Lipinski definition) is 1. The SMILES string of the molecule is Fc1cc(Br)c(F)c2ccncc12. The van der Waals surface area contributed by atoms with Crippen LogP contribution in [0.2, 0.25) is 0 Å². The molecule has 1 nitrogen and oxygen atoms in total. The summed E-state index contributed by atoms with van der Waals surface area (Å²) in [6.07, 6.45) is 2.73. The summed E-state index contributed by atoms with van der Waals surface area (Å²) in [5.74, 6) is -0.935. The number of pyridine rings is 1. The Morgan fingerprint density at radius 2 is 2.00 bits per heavy atom. The molecule has 0 atom stereocenters. The van der Waals surface area contributed by atoms with Crippen molar-refractivity contribution in [3.05, 3.63) is 40.6 Å². The van der Waals surface area contributed by atoms with Gasteiger partial charge in [-0.3, -0.25) is 4.98 Å². The molecule has 1 aromatic heterocycles. The summed E-state index contributed by atoms with van der Waals surface area (Å²) in [5, 5.41) is 0.435. The molecule has 1 aromatic carbocycles. The van der Waals surface area contributed by atoms with E-state index in [-0.39, 0.29) is 15.2 Å². The summed E-state index contributed by atoms with van der Waals surface area (Å²) < 4.78 is 26.7. The third-order valence-electron chi connectivity index (χ3n) is 1.78. The number of rotatable bonds is 0. The second-order valence-electron chi connectivity index (χ2n) is 2.58. The van der Waals surface area contributed by atoms with E-state index in [1.54, 1.807) is 0 Å². The Bertz CT molecular complexity index is 470. The van der Waals surface area contributed by atoms with Gasteiger partial charge in [0, 0.05) is 23.2 Å². The molecule has 0 aliphatic heterocycles. The Kier molecular flexibility index (Phi) is 2.00. The Hall–Kier alpha value is -1.03. The number of nitrogens with zero attached hydrogens (tertiary/aromatic N) is 1. The summed E-state index contributed by atoms with van der Waals surface area (Å²) >= 11 is 2.93. The fourth-order valence-electron chi connectivity index (χ4n) is 1.16. The zero-order valence-electron chi connectivity index (χ0n) is 6.39. The lowest BCUT2D eigenvalue weighted by molar-refractivity contribution is 0.611. The molecule has 2 aromatic rings. The fourth-order valence-corrected chi connectivity index (χ4v) is 1.57. The monoisotopic (exact) mass is 243 g/mol. The van der Waals surface area contributed by atoms with Crippen molar-refractivity contribution >= 4 is 26.7 Å². The maximum absolute atomic E-state index is 13.3. The van der Waals surface area contributed by atoms with E-state index in [0.717, 1.165) is 6.07 Å². The van der Waals surface area contributed by atoms with Gasteiger partial charge in [0.1, 0.15) is 11.6 Å². The van der Waals surface area contributed by atoms with Crippen molar-refractivity contribution < 1.29 is 8.78 Å². The van der Waals surface area contributed by atoms with Gasteiger partial charge < -0.3 is 0 Å². The van der Waals surface area contributed by atoms with E-state index in [4.69, 9.17) is 0 Å². The van der Waals surface area contributed by atoms with Gasteiger partial charge in [-0.15, -0.1) is 0 Å². The summed E-state index contributed by atoms with van der Waals surface area (Å²) in [4.78, 5) is 3.72. The van der Waals surface area contributed by atoms with Crippen LogP contribution in [0.15, 0.2) is 29.0 Å². The summed E-state index contributed by atoms with van der Waals surface area (Å²) in [5.41, 5.74) is 0. The van der Waals surface area contributed by atoms with Crippen LogP contribution in [0.4, 0.5) is 8.78 Å². The van der Waals surface area contributed by atoms with Crippen molar-refractivity contribution in [1.29, 1.82) is 0 Å². The van der Waals surface area contributed by atoms with Crippen LogP contribution in [0.5, 0.6) is 0 Å². The molecule has 0 radical (unpaired) electrons. The normalized spacial score (nSPS) is 10.7. The molecular weight excluding hydrogens is 240 g/mol. The quantitative estimate of drug-likeness (QED) is 0.648. The van der Waals surface area contributed by atoms with Crippen LogP contribution in [-0.2, 0) is 0 Å². The van der Waals surface area contributed by atoms with Crippen molar-refractivity contribution in [2.24, 2.45) is 0 Å². The molecular formula is C9H4BrF2N. The van der Waals surface area contributed by atoms with E-state index in [2.05, 4.69) is 20.9 Å². The van der Waals surface area contributed by atoms with E-state index in [1.165, 1.54) is 18.5 Å². The van der Waals surface area contributed by atoms with Crippen molar-refractivity contribution in [3.8, 4) is 0 Å². The number of aromatic nitrogens is 1. The van der Waals surface area contributed by atoms with Crippen LogP contribution in [0.1, 0.15) is 0 Å². The molecule has 0 saturated heterocycles. The maximum atomic E-state index is 13.3. The van der Waals surface area contributed by atoms with Crippen LogP contribution in [0.25, 0.3) is 10.8 Å². The van der Waals surface area contributed by atoms with Gasteiger partial charge in [-0.25, -0.2) is 8.78 Å². The molecule has 0 bridgehead atoms. The zero-order valence-corrected chi connectivity index (χ0v) is 7.98. The van der Waals surface area contributed by atoms with Gasteiger partial charge >= 0.3 is 0 Å². The lowest BCUT2D eigenvalue weighted by atomic mass is 10.1. The lowest BCUT2D eigenvalue weighted by Gasteiger charge is -2.01. The first-order chi connectivity index (χ1) is 6.20. The van der Waals surface area contributed by atoms with E-state index >= 15 is 0 Å². The molecule has 0 aliphatic carbocycles. The molecule has 0 fully saturated rings. The molecule has 4 heteroatoms. The van der Waals surface area contributed by atoms with Crippen molar-refractivity contribution in [2.75, 3.05) is 0 Å². The molecule has 66 valence electrons. The van der Waals surface area contributed by atoms with E-state index in [1.807, 2.05) is 0 Å². The molecule has 0 spiro atoms. The smallest absolute Gasteiger partial charge is 0.145 e. The lowest BCUT2D eigenvalue weighted by Crippen LogP contribution is -1.87. The predicted molar refractivity (Wildman–Crippen MR) is 49.4 cm³/mol. The Morgan fingerprint density at radius 1 is 1.23 bits per heavy atom. The molecule has 0 saturated carbocycles. The minimum absolute atomic E-state index is 0.128. The molecule has 1 heterocycles. The zero-order chi connectivity index (χ0) is 9.42. The van der Waals surface area contributed by atoms with Crippen molar-refractivity contribution in [1.82, 2.24) is 4.98 Å². The Labute approximate surface area is 81.5 Å². The average Bonchev–Trinajstić information content (AvgIpc) is 2.15. The summed E-state index contributed by atoms with van der Waals surface area (Å²) in [7, 11) is 0. The van der Waals surface area contributed by atoms with Crippen molar-refractivity contribution in [3.63, 3.8) is 0 Å². The van der Waals surface area contributed by atoms with Crippen LogP contribution in [0, 0.1) is 11.6 Å². The molecule has 13 heavy (non-hydrogen) atoms. The number of fused-ring (bicyclic) bond motifs is 1. The van der Waals surface area contributed by atoms with Gasteiger partial charge in [0.2, 0.25) is 0 Å². The highest BCUT2D eigenvalue weighted by molar-refractivity contribution is 9.10. The summed E-state index contributed by atoms with van der Waals surface area (Å²) in [6, 6.07) is 2.54. The van der Waals surface area contributed by atoms with E-state index in [9.17, 15) is 8.78 Å². The molecule has 0 N–H and O–H groups in total. The topological polar surface area (TPSA) is 12.9 Å². The van der Waals surface area contributed by atoms with E-state index < -0.39 is 11.6 Å². The first kappa shape index (κ1) is 8.56. The van der Waals surface area contributed by atoms with Crippen LogP contribution < -0.4 is 0 Å². The highest BCUT2D eigenvalue weighted by Gasteiger charge is 2.09. The van der Waals surface area contributed by atoms with Gasteiger partial charge in [0.05, 0.1) is 4.47 Å².